The molecule has 1 fully saturated rings. The summed E-state index contributed by atoms with van der Waals surface area (Å²) in [6.07, 6.45) is 4.38. The minimum absolute atomic E-state index is 0.726. The van der Waals surface area contributed by atoms with Crippen molar-refractivity contribution in [3.8, 4) is 0 Å². The van der Waals surface area contributed by atoms with Crippen LogP contribution in [0.25, 0.3) is 11.0 Å². The van der Waals surface area contributed by atoms with Crippen LogP contribution in [0.15, 0.2) is 18.3 Å². The number of hydrogen-bond acceptors (Lipinski definition) is 2. The summed E-state index contributed by atoms with van der Waals surface area (Å²) in [5.74, 6) is 0.726. The predicted octanol–water partition coefficient (Wildman–Crippen LogP) is 1.84. The van der Waals surface area contributed by atoms with E-state index in [0.29, 0.717) is 0 Å². The maximum atomic E-state index is 4.50. The average molecular weight is 159 g/mol. The normalized spacial score (nSPS) is 17.0. The lowest BCUT2D eigenvalue weighted by Gasteiger charge is -1.94. The molecule has 0 aromatic carbocycles. The highest BCUT2D eigenvalue weighted by Crippen LogP contribution is 2.39. The first kappa shape index (κ1) is 6.17. The van der Waals surface area contributed by atoms with Crippen molar-refractivity contribution < 1.29 is 0 Å². The van der Waals surface area contributed by atoms with Gasteiger partial charge in [0.25, 0.3) is 0 Å². The van der Waals surface area contributed by atoms with Crippen LogP contribution in [-0.2, 0) is 0 Å². The summed E-state index contributed by atoms with van der Waals surface area (Å²) in [4.78, 5) is 4.50. The zero-order valence-electron chi connectivity index (χ0n) is 6.62. The van der Waals surface area contributed by atoms with Crippen molar-refractivity contribution in [1.29, 1.82) is 0 Å². The molecule has 0 amide bonds. The molecule has 2 heterocycles. The van der Waals surface area contributed by atoms with Gasteiger partial charge in [0.15, 0.2) is 0 Å². The van der Waals surface area contributed by atoms with Crippen LogP contribution in [0.3, 0.4) is 0 Å². The smallest absolute Gasteiger partial charge is 0.108 e. The Hall–Kier alpha value is -1.38. The summed E-state index contributed by atoms with van der Waals surface area (Å²) in [6.45, 7) is 0. The van der Waals surface area contributed by atoms with Gasteiger partial charge in [-0.1, -0.05) is 0 Å². The number of nitrogens with one attached hydrogen (secondary N) is 1. The third kappa shape index (κ3) is 0.826. The Bertz CT molecular complexity index is 414. The highest BCUT2D eigenvalue weighted by atomic mass is 15.1. The lowest BCUT2D eigenvalue weighted by molar-refractivity contribution is 1.04. The summed E-state index contributed by atoms with van der Waals surface area (Å²) in [7, 11) is 0. The Morgan fingerprint density at radius 3 is 3.08 bits per heavy atom. The van der Waals surface area contributed by atoms with Crippen LogP contribution in [0.2, 0.25) is 0 Å². The van der Waals surface area contributed by atoms with E-state index in [0.717, 1.165) is 17.0 Å². The molecule has 2 aromatic rings. The minimum Gasteiger partial charge on any atom is -0.276 e. The van der Waals surface area contributed by atoms with E-state index in [1.807, 2.05) is 0 Å². The van der Waals surface area contributed by atoms with E-state index >= 15 is 0 Å². The van der Waals surface area contributed by atoms with Crippen LogP contribution < -0.4 is 0 Å². The fraction of sp³-hybridized carbons (Fsp3) is 0.333. The van der Waals surface area contributed by atoms with Gasteiger partial charge in [-0.15, -0.1) is 0 Å². The van der Waals surface area contributed by atoms with E-state index in [-0.39, 0.29) is 0 Å². The van der Waals surface area contributed by atoms with Gasteiger partial charge in [-0.2, -0.15) is 5.10 Å². The minimum atomic E-state index is 0.726. The maximum Gasteiger partial charge on any atom is 0.108 e. The maximum absolute atomic E-state index is 4.50. The third-order valence-corrected chi connectivity index (χ3v) is 2.31. The van der Waals surface area contributed by atoms with Crippen molar-refractivity contribution >= 4 is 11.0 Å². The number of aromatic amines is 1. The number of pyridine rings is 1. The topological polar surface area (TPSA) is 41.6 Å². The summed E-state index contributed by atoms with van der Waals surface area (Å²) in [6, 6.07) is 4.15. The zero-order valence-corrected chi connectivity index (χ0v) is 6.62. The Balaban J connectivity index is 2.21. The van der Waals surface area contributed by atoms with Crippen molar-refractivity contribution in [2.24, 2.45) is 0 Å². The van der Waals surface area contributed by atoms with Crippen molar-refractivity contribution in [1.82, 2.24) is 15.2 Å². The Morgan fingerprint density at radius 1 is 1.33 bits per heavy atom. The van der Waals surface area contributed by atoms with Crippen LogP contribution in [0.5, 0.6) is 0 Å². The Kier molecular flexibility index (Phi) is 1.06. The molecular formula is C9H9N3. The van der Waals surface area contributed by atoms with E-state index in [4.69, 9.17) is 0 Å². The molecule has 0 atom stereocenters. The van der Waals surface area contributed by atoms with Crippen molar-refractivity contribution in [3.63, 3.8) is 0 Å². The first-order valence-electron chi connectivity index (χ1n) is 4.23. The first-order chi connectivity index (χ1) is 5.93. The molecular weight excluding hydrogens is 150 g/mol. The summed E-state index contributed by atoms with van der Waals surface area (Å²) in [5, 5.41) is 6.83. The molecule has 1 aliphatic carbocycles. The number of hydrogen-bond donors (Lipinski definition) is 1. The molecule has 0 bridgehead atoms. The van der Waals surface area contributed by atoms with Gasteiger partial charge < -0.3 is 0 Å². The Morgan fingerprint density at radius 2 is 2.25 bits per heavy atom. The lowest BCUT2D eigenvalue weighted by atomic mass is 10.2. The van der Waals surface area contributed by atoms with E-state index in [9.17, 15) is 0 Å². The number of fused-ring (bicyclic) bond motifs is 1. The van der Waals surface area contributed by atoms with Crippen LogP contribution >= 0.6 is 0 Å². The third-order valence-electron chi connectivity index (χ3n) is 2.31. The molecule has 0 aliphatic heterocycles. The SMILES string of the molecule is c1cc2[nH]ncc2nc1C1CC1. The fourth-order valence-corrected chi connectivity index (χ4v) is 1.45. The monoisotopic (exact) mass is 159 g/mol. The quantitative estimate of drug-likeness (QED) is 0.689. The standard InChI is InChI=1S/C9H9N3/c1-2-6(1)7-3-4-8-9(11-7)5-10-12-8/h3-6H,1-2H2,(H,10,12). The molecule has 0 saturated heterocycles. The van der Waals surface area contributed by atoms with Gasteiger partial charge in [0.2, 0.25) is 0 Å². The zero-order chi connectivity index (χ0) is 7.97. The van der Waals surface area contributed by atoms with Gasteiger partial charge in [-0.05, 0) is 25.0 Å². The van der Waals surface area contributed by atoms with Crippen molar-refractivity contribution in [2.75, 3.05) is 0 Å². The lowest BCUT2D eigenvalue weighted by Crippen LogP contribution is -1.84. The van der Waals surface area contributed by atoms with E-state index in [1.54, 1.807) is 6.20 Å². The van der Waals surface area contributed by atoms with Crippen LogP contribution in [0.4, 0.5) is 0 Å². The van der Waals surface area contributed by atoms with E-state index in [2.05, 4.69) is 27.3 Å². The molecule has 2 aromatic heterocycles. The van der Waals surface area contributed by atoms with Gasteiger partial charge in [-0.25, -0.2) is 4.98 Å². The number of aromatic nitrogens is 3. The molecule has 3 nitrogen and oxygen atoms in total. The van der Waals surface area contributed by atoms with Crippen molar-refractivity contribution in [2.45, 2.75) is 18.8 Å². The molecule has 0 spiro atoms. The number of H-pyrrole nitrogens is 1. The summed E-state index contributed by atoms with van der Waals surface area (Å²) in [5.41, 5.74) is 3.24. The van der Waals surface area contributed by atoms with Crippen LogP contribution in [-0.4, -0.2) is 15.2 Å². The molecule has 1 saturated carbocycles. The van der Waals surface area contributed by atoms with Gasteiger partial charge in [0, 0.05) is 11.6 Å². The van der Waals surface area contributed by atoms with Crippen molar-refractivity contribution in [3.05, 3.63) is 24.0 Å². The highest BCUT2D eigenvalue weighted by Gasteiger charge is 2.24. The van der Waals surface area contributed by atoms with Gasteiger partial charge >= 0.3 is 0 Å². The van der Waals surface area contributed by atoms with Crippen LogP contribution in [0, 0.1) is 0 Å². The Labute approximate surface area is 69.8 Å². The van der Waals surface area contributed by atoms with E-state index in [1.165, 1.54) is 18.5 Å². The first-order valence-corrected chi connectivity index (χ1v) is 4.23. The molecule has 3 rings (SSSR count). The number of rotatable bonds is 1. The molecule has 0 unspecified atom stereocenters. The predicted molar refractivity (Wildman–Crippen MR) is 45.9 cm³/mol. The molecule has 0 radical (unpaired) electrons. The van der Waals surface area contributed by atoms with Crippen LogP contribution in [0.1, 0.15) is 24.5 Å². The second-order valence-electron chi connectivity index (χ2n) is 3.31. The van der Waals surface area contributed by atoms with Gasteiger partial charge in [-0.3, -0.25) is 5.10 Å². The summed E-state index contributed by atoms with van der Waals surface area (Å²) < 4.78 is 0. The second-order valence-corrected chi connectivity index (χ2v) is 3.31. The van der Waals surface area contributed by atoms with E-state index < -0.39 is 0 Å². The van der Waals surface area contributed by atoms with Gasteiger partial charge in [0.1, 0.15) is 5.52 Å². The molecule has 60 valence electrons. The number of nitrogens with zero attached hydrogens (tertiary/aromatic N) is 2. The second kappa shape index (κ2) is 2.06. The molecule has 1 N–H and O–H groups in total. The summed E-state index contributed by atoms with van der Waals surface area (Å²) >= 11 is 0. The molecule has 1 aliphatic rings. The molecule has 12 heavy (non-hydrogen) atoms. The molecule has 3 heteroatoms. The average Bonchev–Trinajstić information content (AvgIpc) is 2.84. The largest absolute Gasteiger partial charge is 0.276 e. The highest BCUT2D eigenvalue weighted by molar-refractivity contribution is 5.73. The van der Waals surface area contributed by atoms with Gasteiger partial charge in [0.05, 0.1) is 11.7 Å². The fourth-order valence-electron chi connectivity index (χ4n) is 1.45.